The number of rotatable bonds is 6. The molecular weight excluding hydrogens is 418 g/mol. The molecule has 1 atom stereocenters. The highest BCUT2D eigenvalue weighted by molar-refractivity contribution is 7.12. The average molecular weight is 442 g/mol. The van der Waals surface area contributed by atoms with Gasteiger partial charge in [-0.3, -0.25) is 19.8 Å². The summed E-state index contributed by atoms with van der Waals surface area (Å²) >= 11 is 1.26. The number of benzene rings is 1. The fraction of sp³-hybridized carbons (Fsp3) is 0.238. The van der Waals surface area contributed by atoms with Crippen molar-refractivity contribution in [1.29, 1.82) is 0 Å². The van der Waals surface area contributed by atoms with E-state index in [2.05, 4.69) is 20.6 Å². The number of imidazole rings is 1. The van der Waals surface area contributed by atoms with E-state index in [0.29, 0.717) is 21.9 Å². The molecule has 0 aliphatic rings. The zero-order valence-electron chi connectivity index (χ0n) is 17.2. The van der Waals surface area contributed by atoms with Crippen molar-refractivity contribution in [2.75, 3.05) is 10.2 Å². The second-order valence-electron chi connectivity index (χ2n) is 7.77. The van der Waals surface area contributed by atoms with E-state index in [4.69, 9.17) is 5.11 Å². The molecule has 0 saturated carbocycles. The third-order valence-electron chi connectivity index (χ3n) is 4.15. The largest absolute Gasteiger partial charge is 0.465 e. The Morgan fingerprint density at radius 2 is 1.87 bits per heavy atom. The number of H-pyrrole nitrogens is 1. The molecule has 3 aromatic rings. The molecule has 0 spiro atoms. The Balaban J connectivity index is 2.09. The molecule has 2 heterocycles. The van der Waals surface area contributed by atoms with Gasteiger partial charge in [-0.05, 0) is 56.5 Å². The summed E-state index contributed by atoms with van der Waals surface area (Å²) in [5, 5.41) is 15.9. The van der Waals surface area contributed by atoms with Gasteiger partial charge in [0, 0.05) is 23.1 Å². The fourth-order valence-corrected chi connectivity index (χ4v) is 3.63. The van der Waals surface area contributed by atoms with Crippen molar-refractivity contribution < 1.29 is 19.5 Å². The minimum atomic E-state index is -1.20. The second kappa shape index (κ2) is 9.00. The van der Waals surface area contributed by atoms with Crippen LogP contribution < -0.4 is 15.5 Å². The minimum absolute atomic E-state index is 0.343. The monoisotopic (exact) mass is 441 g/mol. The number of amides is 3. The van der Waals surface area contributed by atoms with Crippen LogP contribution in [0.4, 0.5) is 16.2 Å². The lowest BCUT2D eigenvalue weighted by Gasteiger charge is -2.32. The first-order chi connectivity index (χ1) is 14.7. The molecule has 3 amide bonds. The number of carbonyl (C=O) groups is 3. The van der Waals surface area contributed by atoms with Crippen LogP contribution in [0.2, 0.25) is 0 Å². The Labute approximate surface area is 183 Å². The molecule has 0 saturated heterocycles. The van der Waals surface area contributed by atoms with Crippen LogP contribution in [0.1, 0.15) is 42.2 Å². The average Bonchev–Trinajstić information content (AvgIpc) is 3.38. The SMILES string of the molecule is CC(C)(C)NC(=O)C(c1c[nH]cn1)N(C(=O)c1cccs1)c1ccc(NC(=O)O)cc1. The summed E-state index contributed by atoms with van der Waals surface area (Å²) in [6, 6.07) is 8.63. The van der Waals surface area contributed by atoms with Crippen molar-refractivity contribution in [2.45, 2.75) is 32.4 Å². The van der Waals surface area contributed by atoms with Crippen molar-refractivity contribution in [1.82, 2.24) is 15.3 Å². The van der Waals surface area contributed by atoms with Crippen LogP contribution in [0.5, 0.6) is 0 Å². The van der Waals surface area contributed by atoms with E-state index >= 15 is 0 Å². The van der Waals surface area contributed by atoms with Crippen molar-refractivity contribution in [2.24, 2.45) is 0 Å². The van der Waals surface area contributed by atoms with Crippen LogP contribution in [0.3, 0.4) is 0 Å². The summed E-state index contributed by atoms with van der Waals surface area (Å²) in [7, 11) is 0. The van der Waals surface area contributed by atoms with Gasteiger partial charge in [0.1, 0.15) is 0 Å². The number of aromatic amines is 1. The number of aromatic nitrogens is 2. The van der Waals surface area contributed by atoms with Gasteiger partial charge in [0.25, 0.3) is 5.91 Å². The predicted molar refractivity (Wildman–Crippen MR) is 118 cm³/mol. The molecule has 0 fully saturated rings. The van der Waals surface area contributed by atoms with E-state index < -0.39 is 23.6 Å². The van der Waals surface area contributed by atoms with Crippen LogP contribution in [0.25, 0.3) is 0 Å². The van der Waals surface area contributed by atoms with Gasteiger partial charge in [-0.15, -0.1) is 11.3 Å². The molecule has 1 aromatic carbocycles. The number of nitrogens with zero attached hydrogens (tertiary/aromatic N) is 2. The molecule has 0 radical (unpaired) electrons. The van der Waals surface area contributed by atoms with Crippen LogP contribution in [0, 0.1) is 0 Å². The number of hydrogen-bond donors (Lipinski definition) is 4. The molecular formula is C21H23N5O4S. The zero-order chi connectivity index (χ0) is 22.6. The molecule has 2 aromatic heterocycles. The highest BCUT2D eigenvalue weighted by Crippen LogP contribution is 2.31. The lowest BCUT2D eigenvalue weighted by molar-refractivity contribution is -0.124. The maximum Gasteiger partial charge on any atom is 0.409 e. The van der Waals surface area contributed by atoms with Crippen LogP contribution in [-0.4, -0.2) is 38.5 Å². The molecule has 10 heteroatoms. The molecule has 162 valence electrons. The van der Waals surface area contributed by atoms with Crippen LogP contribution >= 0.6 is 11.3 Å². The van der Waals surface area contributed by atoms with E-state index in [1.165, 1.54) is 34.7 Å². The van der Waals surface area contributed by atoms with Gasteiger partial charge in [-0.1, -0.05) is 6.07 Å². The molecule has 4 N–H and O–H groups in total. The second-order valence-corrected chi connectivity index (χ2v) is 8.71. The Bertz CT molecular complexity index is 1040. The molecule has 1 unspecified atom stereocenters. The first-order valence-electron chi connectivity index (χ1n) is 9.43. The summed E-state index contributed by atoms with van der Waals surface area (Å²) in [4.78, 5) is 46.6. The first kappa shape index (κ1) is 22.0. The van der Waals surface area contributed by atoms with Gasteiger partial charge >= 0.3 is 6.09 Å². The van der Waals surface area contributed by atoms with Gasteiger partial charge < -0.3 is 15.4 Å². The third kappa shape index (κ3) is 5.48. The van der Waals surface area contributed by atoms with Gasteiger partial charge in [0.05, 0.1) is 16.9 Å². The van der Waals surface area contributed by atoms with E-state index in [9.17, 15) is 14.4 Å². The standard InChI is InChI=1S/C21H23N5O4S/c1-21(2,3)25-18(27)17(15-11-22-12-23-15)26(19(28)16-5-4-10-31-16)14-8-6-13(7-9-14)24-20(29)30/h4-12,17,24H,1-3H3,(H,22,23)(H,25,27)(H,29,30). The van der Waals surface area contributed by atoms with Gasteiger partial charge in [-0.25, -0.2) is 9.78 Å². The van der Waals surface area contributed by atoms with Crippen molar-refractivity contribution in [3.63, 3.8) is 0 Å². The van der Waals surface area contributed by atoms with E-state index in [-0.39, 0.29) is 5.91 Å². The van der Waals surface area contributed by atoms with Crippen LogP contribution in [-0.2, 0) is 4.79 Å². The van der Waals surface area contributed by atoms with Crippen LogP contribution in [0.15, 0.2) is 54.3 Å². The van der Waals surface area contributed by atoms with Gasteiger partial charge in [-0.2, -0.15) is 0 Å². The summed E-state index contributed by atoms with van der Waals surface area (Å²) in [5.74, 6) is -0.761. The summed E-state index contributed by atoms with van der Waals surface area (Å²) in [5.41, 5.74) is 0.611. The highest BCUT2D eigenvalue weighted by Gasteiger charge is 2.36. The lowest BCUT2D eigenvalue weighted by Crippen LogP contribution is -2.49. The first-order valence-corrected chi connectivity index (χ1v) is 10.3. The number of carboxylic acid groups (broad SMARTS) is 1. The number of hydrogen-bond acceptors (Lipinski definition) is 5. The summed E-state index contributed by atoms with van der Waals surface area (Å²) in [6.07, 6.45) is 1.82. The molecule has 0 aliphatic heterocycles. The highest BCUT2D eigenvalue weighted by atomic mass is 32.1. The number of anilines is 2. The van der Waals surface area contributed by atoms with Gasteiger partial charge in [0.15, 0.2) is 6.04 Å². The van der Waals surface area contributed by atoms with E-state index in [1.54, 1.807) is 35.8 Å². The molecule has 9 nitrogen and oxygen atoms in total. The van der Waals surface area contributed by atoms with Gasteiger partial charge in [0.2, 0.25) is 5.91 Å². The predicted octanol–water partition coefficient (Wildman–Crippen LogP) is 3.86. The molecule has 3 rings (SSSR count). The molecule has 31 heavy (non-hydrogen) atoms. The third-order valence-corrected chi connectivity index (χ3v) is 5.01. The quantitative estimate of drug-likeness (QED) is 0.462. The lowest BCUT2D eigenvalue weighted by atomic mass is 10.1. The van der Waals surface area contributed by atoms with E-state index in [0.717, 1.165) is 0 Å². The smallest absolute Gasteiger partial charge is 0.409 e. The summed E-state index contributed by atoms with van der Waals surface area (Å²) in [6.45, 7) is 5.55. The number of nitrogens with one attached hydrogen (secondary N) is 3. The Morgan fingerprint density at radius 1 is 1.16 bits per heavy atom. The van der Waals surface area contributed by atoms with Crippen molar-refractivity contribution in [3.05, 3.63) is 64.9 Å². The topological polar surface area (TPSA) is 127 Å². The Hall–Kier alpha value is -3.66. The maximum absolute atomic E-state index is 13.5. The van der Waals surface area contributed by atoms with E-state index in [1.807, 2.05) is 20.8 Å². The summed E-state index contributed by atoms with van der Waals surface area (Å²) < 4.78 is 0. The molecule has 0 aliphatic carbocycles. The number of thiophene rings is 1. The molecule has 0 bridgehead atoms. The van der Waals surface area contributed by atoms with Crippen molar-refractivity contribution in [3.8, 4) is 0 Å². The number of carbonyl (C=O) groups excluding carboxylic acids is 2. The minimum Gasteiger partial charge on any atom is -0.465 e. The Kier molecular flexibility index (Phi) is 6.40. The zero-order valence-corrected chi connectivity index (χ0v) is 18.1. The Morgan fingerprint density at radius 3 is 2.39 bits per heavy atom. The fourth-order valence-electron chi connectivity index (χ4n) is 2.97. The normalized spacial score (nSPS) is 12.1. The maximum atomic E-state index is 13.5. The van der Waals surface area contributed by atoms with Crippen molar-refractivity contribution >= 4 is 40.6 Å².